The number of primary amides is 1. The molecule has 1 saturated heterocycles. The van der Waals surface area contributed by atoms with Crippen molar-refractivity contribution >= 4 is 17.5 Å². The van der Waals surface area contributed by atoms with Gasteiger partial charge in [-0.2, -0.15) is 5.10 Å². The van der Waals surface area contributed by atoms with Crippen LogP contribution in [0.5, 0.6) is 0 Å². The Labute approximate surface area is 193 Å². The number of hydrogen-bond acceptors (Lipinski definition) is 5. The van der Waals surface area contributed by atoms with Crippen LogP contribution in [0.25, 0.3) is 5.69 Å². The molecule has 0 spiro atoms. The lowest BCUT2D eigenvalue weighted by Gasteiger charge is -2.21. The molecule has 0 saturated carbocycles. The molecule has 0 unspecified atom stereocenters. The summed E-state index contributed by atoms with van der Waals surface area (Å²) in [7, 11) is 0. The zero-order chi connectivity index (χ0) is 23.5. The smallest absolute Gasteiger partial charge is 0.269 e. The molecule has 0 bridgehead atoms. The van der Waals surface area contributed by atoms with Crippen molar-refractivity contribution in [3.63, 3.8) is 0 Å². The Morgan fingerprint density at radius 2 is 1.82 bits per heavy atom. The second-order valence-electron chi connectivity index (χ2n) is 8.62. The van der Waals surface area contributed by atoms with E-state index in [2.05, 4.69) is 15.7 Å². The average Bonchev–Trinajstić information content (AvgIpc) is 3.17. The molecule has 6 N–H and O–H groups in total. The molecule has 2 aromatic carbocycles. The lowest BCUT2D eigenvalue weighted by Crippen LogP contribution is -2.27. The third kappa shape index (κ3) is 4.75. The molecule has 8 nitrogen and oxygen atoms in total. The van der Waals surface area contributed by atoms with E-state index < -0.39 is 5.91 Å². The number of nitrogens with zero attached hydrogens (tertiary/aromatic N) is 2. The van der Waals surface area contributed by atoms with Crippen LogP contribution < -0.4 is 22.1 Å². The van der Waals surface area contributed by atoms with Gasteiger partial charge in [-0.1, -0.05) is 29.8 Å². The molecule has 1 aliphatic rings. The lowest BCUT2D eigenvalue weighted by atomic mass is 9.93. The van der Waals surface area contributed by atoms with Crippen LogP contribution in [0.3, 0.4) is 0 Å². The van der Waals surface area contributed by atoms with E-state index in [-0.39, 0.29) is 17.5 Å². The van der Waals surface area contributed by atoms with Crippen molar-refractivity contribution < 1.29 is 9.59 Å². The normalized spacial score (nSPS) is 14.2. The molecule has 8 heteroatoms. The third-order valence-corrected chi connectivity index (χ3v) is 6.18. The SMILES string of the molecule is Cc1ccc(C)c(C(=O)NCc2ccc(-n3nc(C4CCNCC4)c(N)c3C(N)=O)cc2)c1. The first kappa shape index (κ1) is 22.5. The fourth-order valence-electron chi connectivity index (χ4n) is 4.28. The Morgan fingerprint density at radius 1 is 1.12 bits per heavy atom. The van der Waals surface area contributed by atoms with Crippen molar-refractivity contribution in [2.75, 3.05) is 18.8 Å². The molecule has 172 valence electrons. The van der Waals surface area contributed by atoms with Crippen LogP contribution in [0, 0.1) is 13.8 Å². The molecule has 0 aliphatic carbocycles. The maximum Gasteiger partial charge on any atom is 0.269 e. The van der Waals surface area contributed by atoms with Gasteiger partial charge in [0.2, 0.25) is 0 Å². The highest BCUT2D eigenvalue weighted by Crippen LogP contribution is 2.32. The highest BCUT2D eigenvalue weighted by atomic mass is 16.2. The summed E-state index contributed by atoms with van der Waals surface area (Å²) in [6.45, 7) is 6.06. The summed E-state index contributed by atoms with van der Waals surface area (Å²) in [5.74, 6) is -0.516. The van der Waals surface area contributed by atoms with Gasteiger partial charge >= 0.3 is 0 Å². The lowest BCUT2D eigenvalue weighted by molar-refractivity contribution is 0.0948. The van der Waals surface area contributed by atoms with Gasteiger partial charge in [0.1, 0.15) is 0 Å². The van der Waals surface area contributed by atoms with Crippen LogP contribution in [0.1, 0.15) is 62.0 Å². The number of anilines is 1. The predicted octanol–water partition coefficient (Wildman–Crippen LogP) is 2.57. The van der Waals surface area contributed by atoms with E-state index >= 15 is 0 Å². The van der Waals surface area contributed by atoms with Gasteiger partial charge in [0.15, 0.2) is 5.69 Å². The van der Waals surface area contributed by atoms with Gasteiger partial charge in [0.05, 0.1) is 17.1 Å². The summed E-state index contributed by atoms with van der Waals surface area (Å²) in [6.07, 6.45) is 1.83. The maximum absolute atomic E-state index is 12.6. The first-order chi connectivity index (χ1) is 15.8. The van der Waals surface area contributed by atoms with Gasteiger partial charge in [0.25, 0.3) is 11.8 Å². The number of piperidine rings is 1. The van der Waals surface area contributed by atoms with Gasteiger partial charge < -0.3 is 22.1 Å². The van der Waals surface area contributed by atoms with Crippen LogP contribution in [0.15, 0.2) is 42.5 Å². The van der Waals surface area contributed by atoms with Gasteiger partial charge in [-0.25, -0.2) is 4.68 Å². The predicted molar refractivity (Wildman–Crippen MR) is 128 cm³/mol. The molecule has 3 aromatic rings. The quantitative estimate of drug-likeness (QED) is 0.463. The number of carbonyl (C=O) groups excluding carboxylic acids is 2. The minimum Gasteiger partial charge on any atom is -0.395 e. The van der Waals surface area contributed by atoms with E-state index in [1.54, 1.807) is 0 Å². The molecule has 1 aliphatic heterocycles. The van der Waals surface area contributed by atoms with E-state index in [9.17, 15) is 9.59 Å². The zero-order valence-corrected chi connectivity index (χ0v) is 19.0. The van der Waals surface area contributed by atoms with Gasteiger partial charge in [0, 0.05) is 18.0 Å². The minimum absolute atomic E-state index is 0.109. The molecule has 2 heterocycles. The van der Waals surface area contributed by atoms with Gasteiger partial charge in [-0.05, 0) is 69.1 Å². The average molecular weight is 447 g/mol. The van der Waals surface area contributed by atoms with Crippen LogP contribution in [-0.2, 0) is 6.54 Å². The molecular formula is C25H30N6O2. The fourth-order valence-corrected chi connectivity index (χ4v) is 4.28. The Bertz CT molecular complexity index is 1180. The van der Waals surface area contributed by atoms with Crippen molar-refractivity contribution in [3.8, 4) is 5.69 Å². The first-order valence-electron chi connectivity index (χ1n) is 11.2. The minimum atomic E-state index is -0.606. The number of aromatic nitrogens is 2. The van der Waals surface area contributed by atoms with E-state index in [0.29, 0.717) is 23.5 Å². The number of benzene rings is 2. The molecule has 2 amide bonds. The largest absolute Gasteiger partial charge is 0.395 e. The molecule has 1 aromatic heterocycles. The number of hydrogen-bond donors (Lipinski definition) is 4. The van der Waals surface area contributed by atoms with E-state index in [1.165, 1.54) is 4.68 Å². The summed E-state index contributed by atoms with van der Waals surface area (Å²) < 4.78 is 1.54. The summed E-state index contributed by atoms with van der Waals surface area (Å²) in [6, 6.07) is 13.3. The van der Waals surface area contributed by atoms with Crippen LogP contribution >= 0.6 is 0 Å². The Morgan fingerprint density at radius 3 is 2.48 bits per heavy atom. The van der Waals surface area contributed by atoms with Gasteiger partial charge in [-0.15, -0.1) is 0 Å². The van der Waals surface area contributed by atoms with Crippen LogP contribution in [0.4, 0.5) is 5.69 Å². The number of rotatable bonds is 6. The monoisotopic (exact) mass is 446 g/mol. The van der Waals surface area contributed by atoms with Crippen molar-refractivity contribution in [1.29, 1.82) is 0 Å². The molecule has 1 fully saturated rings. The number of nitrogen functional groups attached to an aromatic ring is 1. The summed E-state index contributed by atoms with van der Waals surface area (Å²) in [5, 5.41) is 11.0. The second kappa shape index (κ2) is 9.46. The summed E-state index contributed by atoms with van der Waals surface area (Å²) in [4.78, 5) is 24.8. The fraction of sp³-hybridized carbons (Fsp3) is 0.320. The molecule has 0 atom stereocenters. The highest BCUT2D eigenvalue weighted by Gasteiger charge is 2.27. The van der Waals surface area contributed by atoms with Crippen molar-refractivity contribution in [2.45, 2.75) is 39.2 Å². The first-order valence-corrected chi connectivity index (χ1v) is 11.2. The maximum atomic E-state index is 12.6. The standard InChI is InChI=1S/C25H30N6O2/c1-15-3-4-16(2)20(13-15)25(33)29-14-17-5-7-19(8-6-17)31-23(24(27)32)21(26)22(30-31)18-9-11-28-12-10-18/h3-8,13,18,28H,9-12,14,26H2,1-2H3,(H2,27,32)(H,29,33). The molecular weight excluding hydrogens is 416 g/mol. The Hall–Kier alpha value is -3.65. The molecule has 4 rings (SSSR count). The topological polar surface area (TPSA) is 128 Å². The number of aryl methyl sites for hydroxylation is 2. The van der Waals surface area contributed by atoms with Crippen molar-refractivity contribution in [3.05, 3.63) is 76.1 Å². The zero-order valence-electron chi connectivity index (χ0n) is 19.0. The number of nitrogens with two attached hydrogens (primary N) is 2. The van der Waals surface area contributed by atoms with E-state index in [4.69, 9.17) is 11.5 Å². The summed E-state index contributed by atoms with van der Waals surface area (Å²) >= 11 is 0. The van der Waals surface area contributed by atoms with E-state index in [1.807, 2.05) is 56.3 Å². The molecule has 33 heavy (non-hydrogen) atoms. The van der Waals surface area contributed by atoms with Crippen molar-refractivity contribution in [1.82, 2.24) is 20.4 Å². The van der Waals surface area contributed by atoms with Crippen LogP contribution in [0.2, 0.25) is 0 Å². The van der Waals surface area contributed by atoms with Gasteiger partial charge in [-0.3, -0.25) is 9.59 Å². The second-order valence-corrected chi connectivity index (χ2v) is 8.62. The van der Waals surface area contributed by atoms with Crippen LogP contribution in [-0.4, -0.2) is 34.7 Å². The number of amides is 2. The Balaban J connectivity index is 1.52. The molecule has 0 radical (unpaired) electrons. The van der Waals surface area contributed by atoms with E-state index in [0.717, 1.165) is 48.3 Å². The van der Waals surface area contributed by atoms with Crippen molar-refractivity contribution in [2.24, 2.45) is 5.73 Å². The number of carbonyl (C=O) groups is 2. The summed E-state index contributed by atoms with van der Waals surface area (Å²) in [5.41, 5.74) is 17.5. The number of nitrogens with one attached hydrogen (secondary N) is 2. The highest BCUT2D eigenvalue weighted by molar-refractivity contribution is 5.97. The Kier molecular flexibility index (Phi) is 6.46. The third-order valence-electron chi connectivity index (χ3n) is 6.18.